The first kappa shape index (κ1) is 44.3. The predicted octanol–water partition coefficient (Wildman–Crippen LogP) is 18.5. The van der Waals surface area contributed by atoms with E-state index in [0.29, 0.717) is 0 Å². The van der Waals surface area contributed by atoms with Gasteiger partial charge in [0.15, 0.2) is 5.58 Å². The summed E-state index contributed by atoms with van der Waals surface area (Å²) in [5.74, 6) is 0.277. The number of benzene rings is 7. The van der Waals surface area contributed by atoms with Crippen molar-refractivity contribution >= 4 is 89.9 Å². The van der Waals surface area contributed by atoms with Crippen LogP contribution < -0.4 is 4.90 Å². The molecule has 0 bridgehead atoms. The highest BCUT2D eigenvalue weighted by Gasteiger charge is 2.30. The number of allylic oxidation sites excluding steroid dienone is 9. The fourth-order valence-electron chi connectivity index (χ4n) is 13.8. The summed E-state index contributed by atoms with van der Waals surface area (Å²) >= 11 is 0. The highest BCUT2D eigenvalue weighted by atomic mass is 16.3. The zero-order chi connectivity index (χ0) is 50.6. The normalized spacial score (nSPS) is 17.6. The molecule has 5 aliphatic carbocycles. The number of fused-ring (bicyclic) bond motifs is 13. The molecule has 16 rings (SSSR count). The Labute approximate surface area is 448 Å². The van der Waals surface area contributed by atoms with E-state index in [0.717, 1.165) is 84.7 Å². The Balaban J connectivity index is 0.802. The summed E-state index contributed by atoms with van der Waals surface area (Å²) in [5.41, 5.74) is 23.5. The van der Waals surface area contributed by atoms with Crippen LogP contribution >= 0.6 is 0 Å². The molecule has 4 heterocycles. The maximum atomic E-state index is 7.40. The molecule has 370 valence electrons. The summed E-state index contributed by atoms with van der Waals surface area (Å²) < 4.78 is 14.8. The van der Waals surface area contributed by atoms with Crippen molar-refractivity contribution in [3.8, 4) is 22.5 Å². The topological polar surface area (TPSA) is 31.2 Å². The van der Waals surface area contributed by atoms with Crippen molar-refractivity contribution < 1.29 is 4.42 Å². The van der Waals surface area contributed by atoms with Gasteiger partial charge in [-0.1, -0.05) is 140 Å². The number of anilines is 2. The standard InChI is InChI=1S/C72H56N4O/c1-4-17-51(18-5-1)74-63-27-13-10-23-56(63)61-45-49(35-42-66(61)74)47-31-37-54(38-32-47)73(55-39-33-48(34-40-55)50-36-43-67-62(46-50)57-24-11-14-28-64(57)75(67)52-19-6-2-7-20-52)69-30-16-26-58-59-41-44-68-70(72(59)77-71(58)69)60-25-12-15-29-65(60)76(68)53-21-8-3-9-22-53/h1-6,8-10,12-14,16-19,21-23,25-28,30-37,39-44,46,49,54H,7,11,15,20,24,29,38,45H2. The Bertz CT molecular complexity index is 4440. The van der Waals surface area contributed by atoms with Crippen molar-refractivity contribution in [1.29, 1.82) is 0 Å². The van der Waals surface area contributed by atoms with Crippen molar-refractivity contribution in [2.45, 2.75) is 57.4 Å². The van der Waals surface area contributed by atoms with Gasteiger partial charge in [0.2, 0.25) is 0 Å². The number of aromatic nitrogens is 3. The second-order valence-corrected chi connectivity index (χ2v) is 21.6. The molecule has 0 saturated carbocycles. The first-order chi connectivity index (χ1) is 38.2. The minimum absolute atomic E-state index is 0.0426. The van der Waals surface area contributed by atoms with Crippen LogP contribution in [0.2, 0.25) is 0 Å². The zero-order valence-corrected chi connectivity index (χ0v) is 42.9. The summed E-state index contributed by atoms with van der Waals surface area (Å²) in [7, 11) is 0. The molecular formula is C72H56N4O. The van der Waals surface area contributed by atoms with Gasteiger partial charge < -0.3 is 23.0 Å². The second kappa shape index (κ2) is 17.8. The van der Waals surface area contributed by atoms with Gasteiger partial charge in [0.05, 0.1) is 33.7 Å². The van der Waals surface area contributed by atoms with E-state index in [4.69, 9.17) is 4.42 Å². The summed E-state index contributed by atoms with van der Waals surface area (Å²) in [6, 6.07) is 58.4. The molecule has 0 saturated heterocycles. The number of para-hydroxylation sites is 4. The van der Waals surface area contributed by atoms with Crippen LogP contribution in [0.4, 0.5) is 11.4 Å². The molecule has 5 heteroatoms. The molecular weight excluding hydrogens is 937 g/mol. The molecule has 0 radical (unpaired) electrons. The van der Waals surface area contributed by atoms with E-state index in [2.05, 4.69) is 249 Å². The molecule has 2 atom stereocenters. The monoisotopic (exact) mass is 992 g/mol. The molecule has 0 N–H and O–H groups in total. The van der Waals surface area contributed by atoms with Gasteiger partial charge >= 0.3 is 0 Å². The Morgan fingerprint density at radius 3 is 2.06 bits per heavy atom. The average Bonchev–Trinajstić information content (AvgIpc) is 4.33. The molecule has 0 aliphatic heterocycles. The molecule has 0 fully saturated rings. The van der Waals surface area contributed by atoms with Gasteiger partial charge in [-0.3, -0.25) is 0 Å². The van der Waals surface area contributed by atoms with Gasteiger partial charge in [0.1, 0.15) is 5.58 Å². The van der Waals surface area contributed by atoms with Gasteiger partial charge in [0, 0.05) is 72.9 Å². The quantitative estimate of drug-likeness (QED) is 0.152. The van der Waals surface area contributed by atoms with E-state index in [1.807, 2.05) is 0 Å². The van der Waals surface area contributed by atoms with Gasteiger partial charge in [-0.15, -0.1) is 0 Å². The van der Waals surface area contributed by atoms with E-state index in [1.165, 1.54) is 100 Å². The number of hydrogen-bond donors (Lipinski definition) is 0. The van der Waals surface area contributed by atoms with E-state index in [-0.39, 0.29) is 12.0 Å². The fraction of sp³-hybridized carbons (Fsp3) is 0.139. The number of hydrogen-bond acceptors (Lipinski definition) is 2. The number of nitrogens with zero attached hydrogens (tertiary/aromatic N) is 4. The van der Waals surface area contributed by atoms with Crippen LogP contribution in [-0.2, 0) is 19.3 Å². The molecule has 0 amide bonds. The highest BCUT2D eigenvalue weighted by molar-refractivity contribution is 6.19. The lowest BCUT2D eigenvalue weighted by atomic mass is 9.83. The second-order valence-electron chi connectivity index (χ2n) is 21.6. The van der Waals surface area contributed by atoms with Gasteiger partial charge in [-0.05, 0) is 170 Å². The van der Waals surface area contributed by atoms with Crippen LogP contribution in [-0.4, -0.2) is 19.7 Å². The Morgan fingerprint density at radius 1 is 0.506 bits per heavy atom. The van der Waals surface area contributed by atoms with Crippen molar-refractivity contribution in [3.63, 3.8) is 0 Å². The predicted molar refractivity (Wildman–Crippen MR) is 323 cm³/mol. The largest absolute Gasteiger partial charge is 0.453 e. The SMILES string of the molecule is C1=CCCC(n2c3c(c4cc(-c5ccc(N(c6cccc7c6oc6c7ccc7c6c6c(n7-c7ccccc7)CCC=C6)C6C=CC(C7C=Cc8c(c9ccccc9n8-c8ccccc8)C7)=CC6)cc5)ccc42)CCC=C3)=C1. The number of rotatable bonds is 8. The lowest BCUT2D eigenvalue weighted by molar-refractivity contribution is 0.666. The molecule has 2 unspecified atom stereocenters. The molecule has 4 aromatic heterocycles. The highest BCUT2D eigenvalue weighted by Crippen LogP contribution is 2.47. The summed E-state index contributed by atoms with van der Waals surface area (Å²) in [6.45, 7) is 0. The van der Waals surface area contributed by atoms with E-state index in [9.17, 15) is 0 Å². The third-order valence-corrected chi connectivity index (χ3v) is 17.3. The number of aryl methyl sites for hydroxylation is 1. The van der Waals surface area contributed by atoms with Gasteiger partial charge in [-0.25, -0.2) is 0 Å². The Hall–Kier alpha value is -9.06. The maximum Gasteiger partial charge on any atom is 0.159 e. The summed E-state index contributed by atoms with van der Waals surface area (Å²) in [5, 5.41) is 6.17. The lowest BCUT2D eigenvalue weighted by Crippen LogP contribution is -2.30. The summed E-state index contributed by atoms with van der Waals surface area (Å²) in [6.07, 6.45) is 36.4. The zero-order valence-electron chi connectivity index (χ0n) is 42.9. The third kappa shape index (κ3) is 6.99. The van der Waals surface area contributed by atoms with Crippen LogP contribution in [0, 0.1) is 5.92 Å². The summed E-state index contributed by atoms with van der Waals surface area (Å²) in [4.78, 5) is 2.54. The van der Waals surface area contributed by atoms with Crippen molar-refractivity contribution in [1.82, 2.24) is 13.7 Å². The van der Waals surface area contributed by atoms with Gasteiger partial charge in [0.25, 0.3) is 0 Å². The van der Waals surface area contributed by atoms with Crippen molar-refractivity contribution in [2.24, 2.45) is 5.92 Å². The maximum absolute atomic E-state index is 7.40. The molecule has 7 aromatic carbocycles. The van der Waals surface area contributed by atoms with Crippen LogP contribution in [0.15, 0.2) is 222 Å². The van der Waals surface area contributed by atoms with Crippen LogP contribution in [0.1, 0.15) is 65.9 Å². The van der Waals surface area contributed by atoms with Gasteiger partial charge in [-0.2, -0.15) is 0 Å². The Morgan fingerprint density at radius 2 is 1.23 bits per heavy atom. The number of furan rings is 1. The van der Waals surface area contributed by atoms with Crippen LogP contribution in [0.25, 0.3) is 101 Å². The Kier molecular flexibility index (Phi) is 10.2. The van der Waals surface area contributed by atoms with Crippen molar-refractivity contribution in [3.05, 3.63) is 252 Å². The van der Waals surface area contributed by atoms with Crippen LogP contribution in [0.5, 0.6) is 0 Å². The molecule has 11 aromatic rings. The lowest BCUT2D eigenvalue weighted by Gasteiger charge is -2.34. The van der Waals surface area contributed by atoms with Crippen LogP contribution in [0.3, 0.4) is 0 Å². The first-order valence-electron chi connectivity index (χ1n) is 27.8. The van der Waals surface area contributed by atoms with Crippen molar-refractivity contribution in [2.75, 3.05) is 4.90 Å². The first-order valence-corrected chi connectivity index (χ1v) is 27.8. The smallest absolute Gasteiger partial charge is 0.159 e. The fourth-order valence-corrected chi connectivity index (χ4v) is 13.8. The third-order valence-electron chi connectivity index (χ3n) is 17.3. The average molecular weight is 993 g/mol. The minimum atomic E-state index is 0.0426. The molecule has 5 aliphatic rings. The molecule has 77 heavy (non-hydrogen) atoms. The van der Waals surface area contributed by atoms with E-state index >= 15 is 0 Å². The van der Waals surface area contributed by atoms with E-state index in [1.54, 1.807) is 0 Å². The molecule has 0 spiro atoms. The minimum Gasteiger partial charge on any atom is -0.453 e. The molecule has 5 nitrogen and oxygen atoms in total. The van der Waals surface area contributed by atoms with E-state index < -0.39 is 0 Å².